The molecule has 0 unspecified atom stereocenters. The van der Waals surface area contributed by atoms with Gasteiger partial charge in [-0.15, -0.1) is 0 Å². The van der Waals surface area contributed by atoms with E-state index >= 15 is 0 Å². The molecule has 0 amide bonds. The van der Waals surface area contributed by atoms with E-state index in [0.29, 0.717) is 12.8 Å². The van der Waals surface area contributed by atoms with Crippen LogP contribution >= 0.6 is 0 Å². The normalized spacial score (nSPS) is 18.1. The van der Waals surface area contributed by atoms with E-state index in [1.807, 2.05) is 0 Å². The topological polar surface area (TPSA) is 158 Å². The molecule has 2 saturated heterocycles. The third-order valence-corrected chi connectivity index (χ3v) is 6.38. The third kappa shape index (κ3) is 9.28. The average Bonchev–Trinajstić information content (AvgIpc) is 2.58. The smallest absolute Gasteiger partial charge is 0.551 e. The fraction of sp³-hybridized carbons (Fsp3) is 0.600. The highest BCUT2D eigenvalue weighted by Gasteiger charge is 2.50. The van der Waals surface area contributed by atoms with Gasteiger partial charge in [0.05, 0.1) is 0 Å². The Bertz CT molecular complexity index is 586. The van der Waals surface area contributed by atoms with Gasteiger partial charge in [-0.2, -0.15) is 0 Å². The van der Waals surface area contributed by atoms with Crippen LogP contribution in [0.4, 0.5) is 0 Å². The van der Waals surface area contributed by atoms with E-state index in [2.05, 4.69) is 0 Å². The van der Waals surface area contributed by atoms with Gasteiger partial charge in [-0.05, 0) is 19.3 Å². The Morgan fingerprint density at radius 2 is 0.966 bits per heavy atom. The fourth-order valence-corrected chi connectivity index (χ4v) is 4.56. The molecule has 2 aliphatic heterocycles. The lowest BCUT2D eigenvalue weighted by atomic mass is 10.2. The molecule has 2 rings (SSSR count). The Balaban J connectivity index is 1.70. The third-order valence-electron chi connectivity index (χ3n) is 3.65. The second-order valence-corrected chi connectivity index (χ2v) is 8.65. The molecule has 0 aliphatic carbocycles. The summed E-state index contributed by atoms with van der Waals surface area (Å²) in [6, 6.07) is 0. The first-order chi connectivity index (χ1) is 13.8. The maximum atomic E-state index is 11.8. The van der Waals surface area contributed by atoms with Crippen LogP contribution in [0.3, 0.4) is 0 Å². The highest BCUT2D eigenvalue weighted by molar-refractivity contribution is 6.44. The van der Waals surface area contributed by atoms with Crippen molar-refractivity contribution in [2.24, 2.45) is 0 Å². The Hall–Kier alpha value is -2.12. The van der Waals surface area contributed by atoms with Crippen molar-refractivity contribution in [3.63, 3.8) is 0 Å². The monoisotopic (exact) mass is 444 g/mol. The van der Waals surface area contributed by atoms with Crippen LogP contribution in [0.1, 0.15) is 57.8 Å². The van der Waals surface area contributed by atoms with Crippen LogP contribution in [0.25, 0.3) is 0 Å². The molecule has 0 atom stereocenters. The van der Waals surface area contributed by atoms with Gasteiger partial charge in [-0.1, -0.05) is 0 Å². The predicted molar refractivity (Wildman–Crippen MR) is 89.6 cm³/mol. The van der Waals surface area contributed by atoms with Gasteiger partial charge in [0.1, 0.15) is 0 Å². The van der Waals surface area contributed by atoms with Gasteiger partial charge in [0.25, 0.3) is 35.8 Å². The number of carbonyl (C=O) groups excluding carboxylic acids is 6. The van der Waals surface area contributed by atoms with Gasteiger partial charge >= 0.3 is 30.3 Å². The van der Waals surface area contributed by atoms with Crippen LogP contribution in [-0.2, 0) is 51.5 Å². The van der Waals surface area contributed by atoms with Crippen LogP contribution < -0.4 is 0 Å². The standard InChI is InChI=1S/3C5H8O4.2Al/c3*6-4(7)2-1-3-5(8)9;;/h3*1-3H2,(H,6,7)(H,8,9);;/q;;;2*+3/p-6. The molecular weight excluding hydrogens is 426 g/mol. The van der Waals surface area contributed by atoms with E-state index in [1.165, 1.54) is 0 Å². The summed E-state index contributed by atoms with van der Waals surface area (Å²) in [5, 5.41) is 0. The highest BCUT2D eigenvalue weighted by atomic mass is 27.3. The molecule has 0 radical (unpaired) electrons. The summed E-state index contributed by atoms with van der Waals surface area (Å²) < 4.78 is 29.1. The first kappa shape index (κ1) is 23.2. The van der Waals surface area contributed by atoms with Gasteiger partial charge in [0.2, 0.25) is 0 Å². The first-order valence-corrected chi connectivity index (χ1v) is 11.8. The van der Waals surface area contributed by atoms with Crippen LogP contribution in [0.15, 0.2) is 0 Å². The molecule has 14 heteroatoms. The number of carbonyl (C=O) groups is 6. The molecule has 0 saturated carbocycles. The molecule has 2 fully saturated rings. The molecule has 0 aromatic rings. The lowest BCUT2D eigenvalue weighted by Gasteiger charge is -2.16. The second-order valence-electron chi connectivity index (χ2n) is 6.08. The summed E-state index contributed by atoms with van der Waals surface area (Å²) in [4.78, 5) is 69.3. The number of hydrogen-bond donors (Lipinski definition) is 0. The van der Waals surface area contributed by atoms with Crippen molar-refractivity contribution in [2.45, 2.75) is 57.8 Å². The lowest BCUT2D eigenvalue weighted by Crippen LogP contribution is -2.36. The van der Waals surface area contributed by atoms with E-state index in [0.717, 1.165) is 0 Å². The molecular formula is C15H18Al2O12. The minimum Gasteiger partial charge on any atom is -0.551 e. The molecule has 0 aromatic heterocycles. The van der Waals surface area contributed by atoms with E-state index < -0.39 is 66.1 Å². The van der Waals surface area contributed by atoms with Crippen LogP contribution in [0, 0.1) is 0 Å². The van der Waals surface area contributed by atoms with Gasteiger partial charge in [0, 0.05) is 38.5 Å². The van der Waals surface area contributed by atoms with Gasteiger partial charge < -0.3 is 22.7 Å². The Morgan fingerprint density at radius 1 is 0.655 bits per heavy atom. The first-order valence-electron chi connectivity index (χ1n) is 8.99. The predicted octanol–water partition coefficient (Wildman–Crippen LogP) is -0.247. The quantitative estimate of drug-likeness (QED) is 0.496. The number of hydrogen-bond acceptors (Lipinski definition) is 12. The zero-order valence-corrected chi connectivity index (χ0v) is 17.7. The second kappa shape index (κ2) is 11.8. The maximum absolute atomic E-state index is 11.8. The lowest BCUT2D eigenvalue weighted by molar-refractivity contribution is -0.152. The maximum Gasteiger partial charge on any atom is 1.20 e. The fourth-order valence-electron chi connectivity index (χ4n) is 2.27. The summed E-state index contributed by atoms with van der Waals surface area (Å²) in [5.41, 5.74) is 0. The van der Waals surface area contributed by atoms with Crippen molar-refractivity contribution in [3.8, 4) is 0 Å². The summed E-state index contributed by atoms with van der Waals surface area (Å²) in [7, 11) is 0. The van der Waals surface area contributed by atoms with Crippen molar-refractivity contribution < 1.29 is 51.5 Å². The SMILES string of the molecule is O=C1CCCC(=O)[O][Al]([O]C(=O)CCCC(=O)[O][Al]2[O]C(=O)CCCC(=O)[O]2)[O]1. The van der Waals surface area contributed by atoms with Gasteiger partial charge in [0.15, 0.2) is 0 Å². The van der Waals surface area contributed by atoms with Crippen molar-refractivity contribution in [1.29, 1.82) is 0 Å². The Morgan fingerprint density at radius 3 is 1.28 bits per heavy atom. The molecule has 29 heavy (non-hydrogen) atoms. The van der Waals surface area contributed by atoms with Crippen molar-refractivity contribution in [1.82, 2.24) is 0 Å². The Kier molecular flexibility index (Phi) is 9.41. The minimum absolute atomic E-state index is 0.00366. The summed E-state index contributed by atoms with van der Waals surface area (Å²) in [6.45, 7) is 0. The highest BCUT2D eigenvalue weighted by Crippen LogP contribution is 2.11. The van der Waals surface area contributed by atoms with E-state index in [4.69, 9.17) is 22.7 Å². The molecule has 2 heterocycles. The number of rotatable bonds is 6. The van der Waals surface area contributed by atoms with Crippen molar-refractivity contribution >= 4 is 66.1 Å². The molecule has 0 N–H and O–H groups in total. The molecule has 0 spiro atoms. The minimum atomic E-state index is -3.27. The average molecular weight is 444 g/mol. The Labute approximate surface area is 175 Å². The van der Waals surface area contributed by atoms with Gasteiger partial charge in [-0.25, -0.2) is 0 Å². The zero-order valence-electron chi connectivity index (χ0n) is 15.4. The molecule has 156 valence electrons. The summed E-state index contributed by atoms with van der Waals surface area (Å²) >= 11 is -6.54. The molecule has 0 bridgehead atoms. The molecule has 12 nitrogen and oxygen atoms in total. The largest absolute Gasteiger partial charge is 1.20 e. The molecule has 2 aliphatic rings. The zero-order chi connectivity index (χ0) is 21.2. The molecule has 0 aromatic carbocycles. The van der Waals surface area contributed by atoms with Crippen molar-refractivity contribution in [2.75, 3.05) is 0 Å². The van der Waals surface area contributed by atoms with Crippen molar-refractivity contribution in [3.05, 3.63) is 0 Å². The summed E-state index contributed by atoms with van der Waals surface area (Å²) in [6.07, 6.45) is 0.241. The van der Waals surface area contributed by atoms with E-state index in [9.17, 15) is 28.8 Å². The van der Waals surface area contributed by atoms with Gasteiger partial charge in [-0.3, -0.25) is 28.8 Å². The van der Waals surface area contributed by atoms with E-state index in [-0.39, 0.29) is 44.9 Å². The van der Waals surface area contributed by atoms with Crippen LogP contribution in [0.2, 0.25) is 0 Å². The summed E-state index contributed by atoms with van der Waals surface area (Å²) in [5.74, 6) is -4.07. The van der Waals surface area contributed by atoms with Crippen LogP contribution in [0.5, 0.6) is 0 Å². The van der Waals surface area contributed by atoms with Crippen LogP contribution in [-0.4, -0.2) is 66.1 Å². The van der Waals surface area contributed by atoms with E-state index in [1.54, 1.807) is 0 Å².